The number of urea groups is 1. The van der Waals surface area contributed by atoms with Crippen LogP contribution in [0.1, 0.15) is 5.56 Å². The summed E-state index contributed by atoms with van der Waals surface area (Å²) in [5, 5.41) is 6.71. The van der Waals surface area contributed by atoms with Crippen LogP contribution in [0.5, 0.6) is 5.88 Å². The average molecular weight is 289 g/mol. The monoisotopic (exact) mass is 289 g/mol. The molecule has 1 aromatic heterocycles. The molecule has 1 heterocycles. The molecule has 2 rings (SSSR count). The molecule has 0 aliphatic carbocycles. The molecule has 0 saturated heterocycles. The summed E-state index contributed by atoms with van der Waals surface area (Å²) < 4.78 is 6.69. The van der Waals surface area contributed by atoms with Gasteiger partial charge in [-0.25, -0.2) is 9.48 Å². The van der Waals surface area contributed by atoms with Gasteiger partial charge in [-0.2, -0.15) is 0 Å². The Morgan fingerprint density at radius 1 is 1.29 bits per heavy atom. The first-order valence-corrected chi connectivity index (χ1v) is 6.11. The van der Waals surface area contributed by atoms with Gasteiger partial charge in [0.1, 0.15) is 5.82 Å². The molecule has 110 valence electrons. The van der Waals surface area contributed by atoms with Crippen molar-refractivity contribution in [3.8, 4) is 11.6 Å². The van der Waals surface area contributed by atoms with Crippen LogP contribution >= 0.6 is 0 Å². The van der Waals surface area contributed by atoms with E-state index in [0.29, 0.717) is 17.1 Å². The van der Waals surface area contributed by atoms with Crippen LogP contribution in [-0.2, 0) is 4.79 Å². The van der Waals surface area contributed by atoms with Crippen LogP contribution in [0.15, 0.2) is 30.3 Å². The van der Waals surface area contributed by atoms with Gasteiger partial charge in [-0.05, 0) is 19.1 Å². The van der Waals surface area contributed by atoms with Gasteiger partial charge < -0.3 is 16.2 Å². The van der Waals surface area contributed by atoms with Gasteiger partial charge in [0.2, 0.25) is 5.88 Å². The van der Waals surface area contributed by atoms with Gasteiger partial charge in [0.15, 0.2) is 6.61 Å². The van der Waals surface area contributed by atoms with E-state index >= 15 is 0 Å². The Morgan fingerprint density at radius 3 is 2.52 bits per heavy atom. The first kappa shape index (κ1) is 14.4. The molecule has 0 atom stereocenters. The van der Waals surface area contributed by atoms with Crippen LogP contribution in [-0.4, -0.2) is 28.3 Å². The maximum absolute atomic E-state index is 11.1. The first-order valence-electron chi connectivity index (χ1n) is 6.11. The van der Waals surface area contributed by atoms with Crippen molar-refractivity contribution in [1.29, 1.82) is 0 Å². The fourth-order valence-corrected chi connectivity index (χ4v) is 1.77. The molecule has 0 aliphatic heterocycles. The lowest BCUT2D eigenvalue weighted by molar-refractivity contribution is -0.120. The highest BCUT2D eigenvalue weighted by Gasteiger charge is 2.18. The Hall–Kier alpha value is -3.03. The predicted molar refractivity (Wildman–Crippen MR) is 76.2 cm³/mol. The fraction of sp³-hybridized carbons (Fsp3) is 0.154. The zero-order valence-corrected chi connectivity index (χ0v) is 11.4. The molecule has 0 saturated carbocycles. The van der Waals surface area contributed by atoms with Gasteiger partial charge in [0, 0.05) is 0 Å². The number of hydrogen-bond donors (Lipinski definition) is 3. The Labute approximate surface area is 120 Å². The average Bonchev–Trinajstić information content (AvgIpc) is 2.74. The molecule has 0 spiro atoms. The van der Waals surface area contributed by atoms with Crippen molar-refractivity contribution in [3.63, 3.8) is 0 Å². The number of carbonyl (C=O) groups excluding carboxylic acids is 2. The summed E-state index contributed by atoms with van der Waals surface area (Å²) in [6, 6.07) is 8.38. The van der Waals surface area contributed by atoms with E-state index in [9.17, 15) is 9.59 Å². The van der Waals surface area contributed by atoms with Crippen molar-refractivity contribution in [2.75, 3.05) is 11.9 Å². The Bertz CT molecular complexity index is 666. The molecule has 3 amide bonds. The van der Waals surface area contributed by atoms with Gasteiger partial charge in [0.25, 0.3) is 5.91 Å². The maximum Gasteiger partial charge on any atom is 0.317 e. The molecule has 0 aliphatic rings. The summed E-state index contributed by atoms with van der Waals surface area (Å²) in [6.07, 6.45) is 0. The zero-order chi connectivity index (χ0) is 15.4. The largest absolute Gasteiger partial charge is 0.466 e. The van der Waals surface area contributed by atoms with Crippen LogP contribution in [0, 0.1) is 6.92 Å². The number of aromatic nitrogens is 2. The highest BCUT2D eigenvalue weighted by atomic mass is 16.5. The number of benzene rings is 1. The molecule has 0 radical (unpaired) electrons. The number of hydrogen-bond acceptors (Lipinski definition) is 4. The molecule has 0 bridgehead atoms. The van der Waals surface area contributed by atoms with Gasteiger partial charge >= 0.3 is 6.03 Å². The van der Waals surface area contributed by atoms with E-state index in [2.05, 4.69) is 10.4 Å². The minimum absolute atomic E-state index is 0.196. The third-order valence-corrected chi connectivity index (χ3v) is 2.67. The highest BCUT2D eigenvalue weighted by Crippen LogP contribution is 2.28. The van der Waals surface area contributed by atoms with Crippen molar-refractivity contribution in [1.82, 2.24) is 9.78 Å². The Balaban J connectivity index is 2.44. The zero-order valence-electron chi connectivity index (χ0n) is 11.4. The molecular weight excluding hydrogens is 274 g/mol. The minimum atomic E-state index is -0.725. The van der Waals surface area contributed by atoms with Gasteiger partial charge in [0.05, 0.1) is 11.3 Å². The van der Waals surface area contributed by atoms with Crippen LogP contribution in [0.25, 0.3) is 5.69 Å². The molecule has 8 nitrogen and oxygen atoms in total. The van der Waals surface area contributed by atoms with E-state index in [4.69, 9.17) is 16.2 Å². The molecule has 0 fully saturated rings. The van der Waals surface area contributed by atoms with Crippen molar-refractivity contribution >= 4 is 17.8 Å². The molecular formula is C13H15N5O3. The quantitative estimate of drug-likeness (QED) is 0.742. The summed E-state index contributed by atoms with van der Waals surface area (Å²) in [7, 11) is 0. The van der Waals surface area contributed by atoms with Crippen molar-refractivity contribution < 1.29 is 14.3 Å². The van der Waals surface area contributed by atoms with Crippen LogP contribution in [0.3, 0.4) is 0 Å². The van der Waals surface area contributed by atoms with Crippen LogP contribution in [0.2, 0.25) is 0 Å². The number of carbonyl (C=O) groups is 2. The molecule has 0 unspecified atom stereocenters. The van der Waals surface area contributed by atoms with E-state index in [1.54, 1.807) is 19.1 Å². The topological polar surface area (TPSA) is 125 Å². The summed E-state index contributed by atoms with van der Waals surface area (Å²) in [4.78, 5) is 21.9. The van der Waals surface area contributed by atoms with Crippen LogP contribution < -0.4 is 21.5 Å². The van der Waals surface area contributed by atoms with Crippen molar-refractivity contribution in [3.05, 3.63) is 35.9 Å². The number of rotatable bonds is 5. The summed E-state index contributed by atoms with van der Waals surface area (Å²) in [5.74, 6) is -0.0531. The predicted octanol–water partition coefficient (Wildman–Crippen LogP) is 0.535. The molecule has 21 heavy (non-hydrogen) atoms. The molecule has 1 aromatic carbocycles. The second kappa shape index (κ2) is 5.95. The fourth-order valence-electron chi connectivity index (χ4n) is 1.77. The number of nitrogens with zero attached hydrogens (tertiary/aromatic N) is 2. The molecule has 2 aromatic rings. The number of para-hydroxylation sites is 1. The van der Waals surface area contributed by atoms with E-state index < -0.39 is 11.9 Å². The number of primary amides is 2. The molecule has 5 N–H and O–H groups in total. The van der Waals surface area contributed by atoms with E-state index in [-0.39, 0.29) is 12.5 Å². The third kappa shape index (κ3) is 3.30. The second-order valence-electron chi connectivity index (χ2n) is 4.27. The maximum atomic E-state index is 11.1. The number of nitrogens with two attached hydrogens (primary N) is 2. The Kier molecular flexibility index (Phi) is 4.07. The normalized spacial score (nSPS) is 10.1. The summed E-state index contributed by atoms with van der Waals surface area (Å²) in [6.45, 7) is 1.39. The van der Waals surface area contributed by atoms with Gasteiger partial charge in [-0.3, -0.25) is 10.1 Å². The van der Waals surface area contributed by atoms with Crippen molar-refractivity contribution in [2.45, 2.75) is 6.92 Å². The standard InChI is InChI=1S/C13H15N5O3/c1-8-11(16-13(15)20)18(9-5-3-2-4-6-9)17-12(8)21-7-10(14)19/h2-6H,7H2,1H3,(H2,14,19)(H3,15,16,20). The van der Waals surface area contributed by atoms with E-state index in [0.717, 1.165) is 0 Å². The van der Waals surface area contributed by atoms with Crippen LogP contribution in [0.4, 0.5) is 10.6 Å². The van der Waals surface area contributed by atoms with Crippen molar-refractivity contribution in [2.24, 2.45) is 11.5 Å². The highest BCUT2D eigenvalue weighted by molar-refractivity contribution is 5.88. The van der Waals surface area contributed by atoms with Gasteiger partial charge in [-0.1, -0.05) is 18.2 Å². The number of anilines is 1. The minimum Gasteiger partial charge on any atom is -0.466 e. The lowest BCUT2D eigenvalue weighted by Gasteiger charge is -2.07. The molecule has 8 heteroatoms. The lowest BCUT2D eigenvalue weighted by Crippen LogP contribution is -2.22. The SMILES string of the molecule is Cc1c(OCC(N)=O)nn(-c2ccccc2)c1NC(N)=O. The number of nitrogens with one attached hydrogen (secondary N) is 1. The number of amides is 3. The van der Waals surface area contributed by atoms with E-state index in [1.165, 1.54) is 4.68 Å². The smallest absolute Gasteiger partial charge is 0.317 e. The lowest BCUT2D eigenvalue weighted by atomic mass is 10.3. The van der Waals surface area contributed by atoms with E-state index in [1.807, 2.05) is 18.2 Å². The van der Waals surface area contributed by atoms with Gasteiger partial charge in [-0.15, -0.1) is 5.10 Å². The second-order valence-corrected chi connectivity index (χ2v) is 4.27. The summed E-state index contributed by atoms with van der Waals surface area (Å²) >= 11 is 0. The number of ether oxygens (including phenoxy) is 1. The first-order chi connectivity index (χ1) is 9.99. The third-order valence-electron chi connectivity index (χ3n) is 2.67. The Morgan fingerprint density at radius 2 is 1.95 bits per heavy atom. The summed E-state index contributed by atoms with van der Waals surface area (Å²) in [5.41, 5.74) is 11.5.